The van der Waals surface area contributed by atoms with Gasteiger partial charge in [0.2, 0.25) is 11.8 Å². The summed E-state index contributed by atoms with van der Waals surface area (Å²) in [5.74, 6) is -0.718. The lowest BCUT2D eigenvalue weighted by Crippen LogP contribution is -2.52. The molecule has 0 saturated carbocycles. The fourth-order valence-corrected chi connectivity index (χ4v) is 5.80. The Balaban J connectivity index is 2.05. The zero-order valence-electron chi connectivity index (χ0n) is 22.6. The number of hydrogen-bond acceptors (Lipinski definition) is 4. The predicted molar refractivity (Wildman–Crippen MR) is 151 cm³/mol. The van der Waals surface area contributed by atoms with Gasteiger partial charge in [-0.1, -0.05) is 74.0 Å². The van der Waals surface area contributed by atoms with Crippen LogP contribution in [0.3, 0.4) is 0 Å². The van der Waals surface area contributed by atoms with Crippen LogP contribution in [0, 0.1) is 6.92 Å². The van der Waals surface area contributed by atoms with Gasteiger partial charge in [0, 0.05) is 13.1 Å². The Labute approximate surface area is 226 Å². The number of nitrogens with one attached hydrogen (secondary N) is 1. The summed E-state index contributed by atoms with van der Waals surface area (Å²) in [7, 11) is -4.06. The number of sulfonamides is 1. The molecule has 7 nitrogen and oxygen atoms in total. The van der Waals surface area contributed by atoms with Crippen molar-refractivity contribution in [2.45, 2.75) is 58.0 Å². The molecule has 0 aromatic heterocycles. The van der Waals surface area contributed by atoms with Gasteiger partial charge in [0.25, 0.3) is 10.0 Å². The van der Waals surface area contributed by atoms with Crippen LogP contribution >= 0.6 is 0 Å². The minimum Gasteiger partial charge on any atom is -0.355 e. The zero-order chi connectivity index (χ0) is 27.7. The van der Waals surface area contributed by atoms with E-state index in [9.17, 15) is 18.0 Å². The summed E-state index contributed by atoms with van der Waals surface area (Å²) in [6.07, 6.45) is 1.19. The minimum absolute atomic E-state index is 0.0911. The van der Waals surface area contributed by atoms with Crippen LogP contribution in [0.2, 0.25) is 0 Å². The number of nitrogens with zero attached hydrogens (tertiary/aromatic N) is 2. The molecule has 0 aliphatic rings. The molecule has 0 bridgehead atoms. The van der Waals surface area contributed by atoms with Crippen LogP contribution in [0.4, 0.5) is 5.69 Å². The monoisotopic (exact) mass is 535 g/mol. The van der Waals surface area contributed by atoms with Gasteiger partial charge in [0.15, 0.2) is 0 Å². The van der Waals surface area contributed by atoms with Crippen molar-refractivity contribution < 1.29 is 18.0 Å². The van der Waals surface area contributed by atoms with E-state index in [0.29, 0.717) is 18.7 Å². The first-order chi connectivity index (χ1) is 18.2. The molecule has 1 atom stereocenters. The van der Waals surface area contributed by atoms with Crippen LogP contribution in [0.15, 0.2) is 83.8 Å². The molecule has 0 aliphatic heterocycles. The number of anilines is 1. The Morgan fingerprint density at radius 1 is 0.868 bits per heavy atom. The van der Waals surface area contributed by atoms with Gasteiger partial charge in [-0.05, 0) is 62.1 Å². The van der Waals surface area contributed by atoms with E-state index in [2.05, 4.69) is 5.32 Å². The van der Waals surface area contributed by atoms with E-state index < -0.39 is 28.5 Å². The average molecular weight is 536 g/mol. The standard InChI is InChI=1S/C30H37N3O4S/c1-5-24-16-18-26(19-17-24)33(38(36,37)27-14-9-8-10-15-27)22-29(34)32(28(6-2)30(35)31-7-3)21-25-13-11-12-23(4)20-25/h8-20,28H,5-7,21-22H2,1-4H3,(H,31,35)/t28-/m0/s1. The predicted octanol–water partition coefficient (Wildman–Crippen LogP) is 4.70. The zero-order valence-corrected chi connectivity index (χ0v) is 23.4. The van der Waals surface area contributed by atoms with E-state index in [4.69, 9.17) is 0 Å². The molecule has 0 radical (unpaired) electrons. The fraction of sp³-hybridized carbons (Fsp3) is 0.333. The summed E-state index contributed by atoms with van der Waals surface area (Å²) in [5.41, 5.74) is 3.34. The highest BCUT2D eigenvalue weighted by Crippen LogP contribution is 2.25. The van der Waals surface area contributed by atoms with Crippen molar-refractivity contribution in [3.63, 3.8) is 0 Å². The Hall–Kier alpha value is -3.65. The van der Waals surface area contributed by atoms with E-state index in [1.165, 1.54) is 17.0 Å². The smallest absolute Gasteiger partial charge is 0.264 e. The number of amides is 2. The lowest BCUT2D eigenvalue weighted by molar-refractivity contribution is -0.140. The van der Waals surface area contributed by atoms with Crippen LogP contribution in [-0.4, -0.2) is 44.3 Å². The molecule has 0 heterocycles. The third kappa shape index (κ3) is 7.01. The Kier molecular flexibility index (Phi) is 10.1. The van der Waals surface area contributed by atoms with E-state index in [1.54, 1.807) is 30.3 Å². The van der Waals surface area contributed by atoms with Crippen LogP contribution in [0.1, 0.15) is 43.9 Å². The van der Waals surface area contributed by atoms with Gasteiger partial charge in [0.1, 0.15) is 12.6 Å². The van der Waals surface area contributed by atoms with Crippen LogP contribution < -0.4 is 9.62 Å². The quantitative estimate of drug-likeness (QED) is 0.364. The van der Waals surface area contributed by atoms with Gasteiger partial charge in [-0.15, -0.1) is 0 Å². The largest absolute Gasteiger partial charge is 0.355 e. The summed E-state index contributed by atoms with van der Waals surface area (Å²) in [6, 6.07) is 22.2. The molecule has 3 aromatic carbocycles. The maximum absolute atomic E-state index is 14.0. The van der Waals surface area contributed by atoms with Gasteiger partial charge in [-0.25, -0.2) is 8.42 Å². The minimum atomic E-state index is -4.06. The summed E-state index contributed by atoms with van der Waals surface area (Å²) in [5, 5.41) is 2.82. The van der Waals surface area contributed by atoms with Gasteiger partial charge < -0.3 is 10.2 Å². The molecule has 0 fully saturated rings. The maximum Gasteiger partial charge on any atom is 0.264 e. The van der Waals surface area contributed by atoms with Crippen LogP contribution in [-0.2, 0) is 32.6 Å². The molecule has 0 spiro atoms. The second kappa shape index (κ2) is 13.2. The summed E-state index contributed by atoms with van der Waals surface area (Å²) in [6.45, 7) is 7.83. The van der Waals surface area contributed by atoms with Gasteiger partial charge in [0.05, 0.1) is 10.6 Å². The number of likely N-dealkylation sites (N-methyl/N-ethyl adjacent to an activating group) is 1. The Morgan fingerprint density at radius 2 is 1.55 bits per heavy atom. The van der Waals surface area contributed by atoms with E-state index in [-0.39, 0.29) is 17.3 Å². The van der Waals surface area contributed by atoms with Gasteiger partial charge in [-0.3, -0.25) is 13.9 Å². The molecule has 1 N–H and O–H groups in total. The fourth-order valence-electron chi connectivity index (χ4n) is 4.37. The second-order valence-electron chi connectivity index (χ2n) is 9.17. The highest BCUT2D eigenvalue weighted by molar-refractivity contribution is 7.92. The first-order valence-electron chi connectivity index (χ1n) is 13.0. The van der Waals surface area contributed by atoms with Crippen molar-refractivity contribution in [2.75, 3.05) is 17.4 Å². The molecule has 38 heavy (non-hydrogen) atoms. The summed E-state index contributed by atoms with van der Waals surface area (Å²) >= 11 is 0. The number of aryl methyl sites for hydroxylation is 2. The van der Waals surface area contributed by atoms with Gasteiger partial charge in [-0.2, -0.15) is 0 Å². The molecule has 8 heteroatoms. The summed E-state index contributed by atoms with van der Waals surface area (Å²) in [4.78, 5) is 28.5. The molecule has 2 amide bonds. The summed E-state index contributed by atoms with van der Waals surface area (Å²) < 4.78 is 28.7. The molecular formula is C30H37N3O4S. The molecular weight excluding hydrogens is 498 g/mol. The topological polar surface area (TPSA) is 86.8 Å². The average Bonchev–Trinajstić information content (AvgIpc) is 2.92. The van der Waals surface area contributed by atoms with E-state index in [0.717, 1.165) is 27.4 Å². The first kappa shape index (κ1) is 28.9. The molecule has 3 aromatic rings. The maximum atomic E-state index is 14.0. The van der Waals surface area contributed by atoms with E-state index in [1.807, 2.05) is 64.1 Å². The molecule has 0 aliphatic carbocycles. The van der Waals surface area contributed by atoms with Crippen molar-refractivity contribution in [1.82, 2.24) is 10.2 Å². The molecule has 202 valence electrons. The van der Waals surface area contributed by atoms with Crippen LogP contribution in [0.25, 0.3) is 0 Å². The SMILES string of the molecule is CCNC(=O)[C@H](CC)N(Cc1cccc(C)c1)C(=O)CN(c1ccc(CC)cc1)S(=O)(=O)c1ccccc1. The molecule has 0 unspecified atom stereocenters. The number of carbonyl (C=O) groups is 2. The third-order valence-electron chi connectivity index (χ3n) is 6.41. The lowest BCUT2D eigenvalue weighted by Gasteiger charge is -2.33. The highest BCUT2D eigenvalue weighted by atomic mass is 32.2. The number of carbonyl (C=O) groups excluding carboxylic acids is 2. The van der Waals surface area contributed by atoms with Crippen molar-refractivity contribution in [2.24, 2.45) is 0 Å². The number of hydrogen-bond donors (Lipinski definition) is 1. The Morgan fingerprint density at radius 3 is 2.13 bits per heavy atom. The first-order valence-corrected chi connectivity index (χ1v) is 14.4. The normalized spacial score (nSPS) is 12.0. The number of benzene rings is 3. The van der Waals surface area contributed by atoms with E-state index >= 15 is 0 Å². The van der Waals surface area contributed by atoms with Crippen molar-refractivity contribution in [3.8, 4) is 0 Å². The highest BCUT2D eigenvalue weighted by Gasteiger charge is 2.33. The second-order valence-corrected chi connectivity index (χ2v) is 11.0. The van der Waals surface area contributed by atoms with Crippen LogP contribution in [0.5, 0.6) is 0 Å². The molecule has 3 rings (SSSR count). The third-order valence-corrected chi connectivity index (χ3v) is 8.20. The van der Waals surface area contributed by atoms with Gasteiger partial charge >= 0.3 is 0 Å². The van der Waals surface area contributed by atoms with Crippen molar-refractivity contribution >= 4 is 27.5 Å². The molecule has 0 saturated heterocycles. The number of rotatable bonds is 12. The Bertz CT molecular complexity index is 1330. The lowest BCUT2D eigenvalue weighted by atomic mass is 10.1. The van der Waals surface area contributed by atoms with Crippen molar-refractivity contribution in [3.05, 3.63) is 95.6 Å². The van der Waals surface area contributed by atoms with Crippen molar-refractivity contribution in [1.29, 1.82) is 0 Å².